The van der Waals surface area contributed by atoms with Gasteiger partial charge in [-0.15, -0.1) is 0 Å². The zero-order valence-electron chi connectivity index (χ0n) is 26.8. The molecule has 236 valence electrons. The minimum Gasteiger partial charge on any atom is -0.478 e. The zero-order chi connectivity index (χ0) is 31.8. The Labute approximate surface area is 260 Å². The number of hydrogen-bond acceptors (Lipinski definition) is 7. The topological polar surface area (TPSA) is 81.2 Å². The molecule has 0 aliphatic carbocycles. The second-order valence-electron chi connectivity index (χ2n) is 11.3. The fourth-order valence-corrected chi connectivity index (χ4v) is 5.53. The SMILES string of the molecule is CCOc1ncccc1-c1ccc(N2CCN(C(=O)c3ccc(F)cc3N(C)CC)C[C@H]2CC)c(C(=O)NCCN(C)C)c1. The van der Waals surface area contributed by atoms with Crippen LogP contribution in [0.25, 0.3) is 11.1 Å². The van der Waals surface area contributed by atoms with E-state index in [9.17, 15) is 14.0 Å². The van der Waals surface area contributed by atoms with Gasteiger partial charge in [-0.25, -0.2) is 9.37 Å². The maximum Gasteiger partial charge on any atom is 0.256 e. The van der Waals surface area contributed by atoms with Gasteiger partial charge in [0.25, 0.3) is 11.8 Å². The van der Waals surface area contributed by atoms with Crippen molar-refractivity contribution < 1.29 is 18.7 Å². The number of benzene rings is 2. The van der Waals surface area contributed by atoms with Crippen LogP contribution < -0.4 is 19.9 Å². The van der Waals surface area contributed by atoms with Crippen molar-refractivity contribution in [3.05, 3.63) is 71.7 Å². The highest BCUT2D eigenvalue weighted by atomic mass is 19.1. The quantitative estimate of drug-likeness (QED) is 0.319. The lowest BCUT2D eigenvalue weighted by Gasteiger charge is -2.43. The molecule has 1 aliphatic rings. The molecule has 0 saturated carbocycles. The number of hydrogen-bond donors (Lipinski definition) is 1. The van der Waals surface area contributed by atoms with E-state index in [0.29, 0.717) is 62.0 Å². The molecule has 9 nitrogen and oxygen atoms in total. The molecule has 0 spiro atoms. The van der Waals surface area contributed by atoms with Crippen LogP contribution in [0.3, 0.4) is 0 Å². The molecule has 0 unspecified atom stereocenters. The van der Waals surface area contributed by atoms with Gasteiger partial charge in [0.05, 0.1) is 23.4 Å². The Morgan fingerprint density at radius 3 is 2.55 bits per heavy atom. The Bertz CT molecular complexity index is 1450. The molecule has 3 aromatic rings. The normalized spacial score (nSPS) is 15.0. The predicted octanol–water partition coefficient (Wildman–Crippen LogP) is 4.77. The van der Waals surface area contributed by atoms with Crippen molar-refractivity contribution in [1.82, 2.24) is 20.1 Å². The number of nitrogens with one attached hydrogen (secondary N) is 1. The predicted molar refractivity (Wildman–Crippen MR) is 174 cm³/mol. The highest BCUT2D eigenvalue weighted by Gasteiger charge is 2.32. The summed E-state index contributed by atoms with van der Waals surface area (Å²) in [4.78, 5) is 39.9. The molecule has 0 radical (unpaired) electrons. The van der Waals surface area contributed by atoms with Crippen molar-refractivity contribution in [2.45, 2.75) is 33.2 Å². The fraction of sp³-hybridized carbons (Fsp3) is 0.441. The van der Waals surface area contributed by atoms with Crippen molar-refractivity contribution in [2.24, 2.45) is 0 Å². The van der Waals surface area contributed by atoms with Crippen LogP contribution in [-0.2, 0) is 0 Å². The molecule has 2 heterocycles. The number of pyridine rings is 1. The summed E-state index contributed by atoms with van der Waals surface area (Å²) in [7, 11) is 5.80. The smallest absolute Gasteiger partial charge is 0.256 e. The van der Waals surface area contributed by atoms with Crippen molar-refractivity contribution in [3.8, 4) is 17.0 Å². The molecular formula is C34H45FN6O3. The lowest BCUT2D eigenvalue weighted by Crippen LogP contribution is -2.55. The number of piperazine rings is 1. The summed E-state index contributed by atoms with van der Waals surface area (Å²) in [6, 6.07) is 14.0. The van der Waals surface area contributed by atoms with Gasteiger partial charge in [-0.2, -0.15) is 0 Å². The van der Waals surface area contributed by atoms with Crippen LogP contribution in [0.5, 0.6) is 5.88 Å². The largest absolute Gasteiger partial charge is 0.478 e. The minimum absolute atomic E-state index is 0.0166. The van der Waals surface area contributed by atoms with E-state index in [-0.39, 0.29) is 23.7 Å². The Kier molecular flexibility index (Phi) is 11.2. The Balaban J connectivity index is 1.66. The van der Waals surface area contributed by atoms with Gasteiger partial charge < -0.3 is 29.7 Å². The lowest BCUT2D eigenvalue weighted by molar-refractivity contribution is 0.0720. The number of nitrogens with zero attached hydrogens (tertiary/aromatic N) is 5. The second-order valence-corrected chi connectivity index (χ2v) is 11.3. The van der Waals surface area contributed by atoms with Crippen LogP contribution in [0, 0.1) is 5.82 Å². The van der Waals surface area contributed by atoms with Gasteiger partial charge in [0.2, 0.25) is 5.88 Å². The third kappa shape index (κ3) is 7.48. The fourth-order valence-electron chi connectivity index (χ4n) is 5.53. The Hall–Kier alpha value is -4.18. The highest BCUT2D eigenvalue weighted by molar-refractivity contribution is 6.02. The number of carbonyl (C=O) groups excluding carboxylic acids is 2. The van der Waals surface area contributed by atoms with E-state index in [2.05, 4.69) is 22.1 Å². The molecule has 2 aromatic carbocycles. The Morgan fingerprint density at radius 1 is 1.05 bits per heavy atom. The van der Waals surface area contributed by atoms with E-state index in [4.69, 9.17) is 4.74 Å². The van der Waals surface area contributed by atoms with Crippen LogP contribution >= 0.6 is 0 Å². The van der Waals surface area contributed by atoms with E-state index in [1.807, 2.05) is 80.0 Å². The van der Waals surface area contributed by atoms with Gasteiger partial charge in [0.15, 0.2) is 0 Å². The number of anilines is 2. The molecule has 44 heavy (non-hydrogen) atoms. The van der Waals surface area contributed by atoms with Crippen molar-refractivity contribution in [3.63, 3.8) is 0 Å². The van der Waals surface area contributed by atoms with E-state index >= 15 is 0 Å². The van der Waals surface area contributed by atoms with Crippen LogP contribution in [0.4, 0.5) is 15.8 Å². The summed E-state index contributed by atoms with van der Waals surface area (Å²) in [5.41, 5.74) is 4.13. The van der Waals surface area contributed by atoms with Gasteiger partial charge in [0.1, 0.15) is 5.82 Å². The summed E-state index contributed by atoms with van der Waals surface area (Å²) in [5, 5.41) is 3.08. The average Bonchev–Trinajstić information content (AvgIpc) is 3.03. The number of likely N-dealkylation sites (N-methyl/N-ethyl adjacent to an activating group) is 1. The first-order valence-electron chi connectivity index (χ1n) is 15.4. The molecule has 2 amide bonds. The molecule has 1 N–H and O–H groups in total. The van der Waals surface area contributed by atoms with E-state index in [1.165, 1.54) is 12.1 Å². The van der Waals surface area contributed by atoms with Crippen molar-refractivity contribution in [2.75, 3.05) is 76.8 Å². The van der Waals surface area contributed by atoms with Crippen molar-refractivity contribution in [1.29, 1.82) is 0 Å². The van der Waals surface area contributed by atoms with Crippen LogP contribution in [0.15, 0.2) is 54.7 Å². The van der Waals surface area contributed by atoms with E-state index in [0.717, 1.165) is 29.8 Å². The molecule has 1 aromatic heterocycles. The minimum atomic E-state index is -0.368. The third-order valence-corrected chi connectivity index (χ3v) is 8.08. The number of rotatable bonds is 12. The van der Waals surface area contributed by atoms with Gasteiger partial charge in [0, 0.05) is 69.8 Å². The molecule has 1 atom stereocenters. The molecule has 10 heteroatoms. The average molecular weight is 605 g/mol. The monoisotopic (exact) mass is 604 g/mol. The maximum absolute atomic E-state index is 14.1. The molecule has 1 aliphatic heterocycles. The number of carbonyl (C=O) groups is 2. The summed E-state index contributed by atoms with van der Waals surface area (Å²) in [6.45, 7) is 9.85. The molecule has 1 fully saturated rings. The summed E-state index contributed by atoms with van der Waals surface area (Å²) in [6.07, 6.45) is 2.47. The van der Waals surface area contributed by atoms with Crippen molar-refractivity contribution >= 4 is 23.2 Å². The Morgan fingerprint density at radius 2 is 1.84 bits per heavy atom. The second kappa shape index (κ2) is 15.0. The lowest BCUT2D eigenvalue weighted by atomic mass is 9.99. The van der Waals surface area contributed by atoms with Crippen LogP contribution in [0.2, 0.25) is 0 Å². The number of ether oxygens (including phenoxy) is 1. The van der Waals surface area contributed by atoms with Crippen LogP contribution in [-0.4, -0.2) is 99.7 Å². The summed E-state index contributed by atoms with van der Waals surface area (Å²) < 4.78 is 19.9. The molecular weight excluding hydrogens is 559 g/mol. The standard InChI is InChI=1S/C34H45FN6O3/c1-7-26-23-40(34(43)28-14-13-25(35)22-31(28)39(6)8-2)19-20-41(26)30-15-12-24(27-11-10-16-37-33(27)44-9-3)21-29(30)32(42)36-17-18-38(4)5/h10-16,21-22,26H,7-9,17-20,23H2,1-6H3,(H,36,42)/t26-/m1/s1. The first-order valence-corrected chi connectivity index (χ1v) is 15.4. The van der Waals surface area contributed by atoms with Gasteiger partial charge in [-0.1, -0.05) is 13.0 Å². The third-order valence-electron chi connectivity index (χ3n) is 8.08. The first kappa shape index (κ1) is 32.7. The number of amides is 2. The number of aromatic nitrogens is 1. The van der Waals surface area contributed by atoms with E-state index in [1.54, 1.807) is 12.3 Å². The van der Waals surface area contributed by atoms with Gasteiger partial charge in [-0.05, 0) is 82.4 Å². The summed E-state index contributed by atoms with van der Waals surface area (Å²) in [5.74, 6) is -0.116. The maximum atomic E-state index is 14.1. The van der Waals surface area contributed by atoms with Crippen LogP contribution in [0.1, 0.15) is 47.9 Å². The summed E-state index contributed by atoms with van der Waals surface area (Å²) >= 11 is 0. The number of halogens is 1. The van der Waals surface area contributed by atoms with Gasteiger partial charge >= 0.3 is 0 Å². The molecule has 0 bridgehead atoms. The molecule has 1 saturated heterocycles. The molecule has 4 rings (SSSR count). The zero-order valence-corrected chi connectivity index (χ0v) is 26.8. The van der Waals surface area contributed by atoms with E-state index < -0.39 is 0 Å². The first-order chi connectivity index (χ1) is 21.2. The van der Waals surface area contributed by atoms with Gasteiger partial charge in [-0.3, -0.25) is 9.59 Å². The highest BCUT2D eigenvalue weighted by Crippen LogP contribution is 2.34.